The van der Waals surface area contributed by atoms with E-state index in [0.29, 0.717) is 17.9 Å². The van der Waals surface area contributed by atoms with Gasteiger partial charge in [-0.15, -0.1) is 0 Å². The number of rotatable bonds is 5. The van der Waals surface area contributed by atoms with E-state index in [9.17, 15) is 4.79 Å². The predicted molar refractivity (Wildman–Crippen MR) is 93.0 cm³/mol. The van der Waals surface area contributed by atoms with Crippen LogP contribution in [-0.2, 0) is 16.1 Å². The molecule has 0 saturated carbocycles. The lowest BCUT2D eigenvalue weighted by Gasteiger charge is -2.18. The van der Waals surface area contributed by atoms with Crippen molar-refractivity contribution in [2.75, 3.05) is 0 Å². The molecule has 2 rings (SSSR count). The average Bonchev–Trinajstić information content (AvgIpc) is 2.52. The molecule has 0 atom stereocenters. The summed E-state index contributed by atoms with van der Waals surface area (Å²) in [5.41, 5.74) is 7.33. The molecule has 1 heterocycles. The topological polar surface area (TPSA) is 74.4 Å². The lowest BCUT2D eigenvalue weighted by atomic mass is 10.2. The summed E-state index contributed by atoms with van der Waals surface area (Å²) in [6, 6.07) is 11.6. The van der Waals surface area contributed by atoms with Crippen molar-refractivity contribution in [2.24, 2.45) is 5.73 Å². The molecule has 0 fully saturated rings. The summed E-state index contributed by atoms with van der Waals surface area (Å²) in [7, 11) is 0. The quantitative estimate of drug-likeness (QED) is 0.674. The Morgan fingerprint density at radius 2 is 1.92 bits per heavy atom. The highest BCUT2D eigenvalue weighted by molar-refractivity contribution is 5.90. The molecule has 0 bridgehead atoms. The molecular formula is C19H22N2O3. The summed E-state index contributed by atoms with van der Waals surface area (Å²) in [5.74, 6) is 0.0903. The van der Waals surface area contributed by atoms with Gasteiger partial charge in [0.25, 0.3) is 0 Å². The molecule has 5 heteroatoms. The van der Waals surface area contributed by atoms with Gasteiger partial charge < -0.3 is 15.2 Å². The molecule has 1 aromatic carbocycles. The first kappa shape index (κ1) is 17.5. The Balaban J connectivity index is 2.05. The molecule has 0 spiro atoms. The number of pyridine rings is 1. The molecule has 2 aromatic rings. The van der Waals surface area contributed by atoms with E-state index in [0.717, 1.165) is 5.56 Å². The Hall–Kier alpha value is -2.82. The summed E-state index contributed by atoms with van der Waals surface area (Å²) < 4.78 is 10.9. The first-order chi connectivity index (χ1) is 11.3. The predicted octanol–water partition coefficient (Wildman–Crippen LogP) is 3.30. The van der Waals surface area contributed by atoms with Gasteiger partial charge in [-0.2, -0.15) is 0 Å². The standard InChI is InChI=1S/C19H22N2O3/c1-19(2,3)24-18(22)10-17(20)15-9-16(12-21-11-15)23-13-14-7-5-4-6-8-14/h4-12H,13,20H2,1-3H3/b17-10-. The Morgan fingerprint density at radius 3 is 2.58 bits per heavy atom. The Morgan fingerprint density at radius 1 is 1.21 bits per heavy atom. The Bertz CT molecular complexity index is 719. The minimum atomic E-state index is -0.563. The third-order valence-corrected chi connectivity index (χ3v) is 2.97. The number of nitrogens with zero attached hydrogens (tertiary/aromatic N) is 1. The SMILES string of the molecule is CC(C)(C)OC(=O)/C=C(\N)c1cncc(OCc2ccccc2)c1. The minimum Gasteiger partial charge on any atom is -0.487 e. The number of carbonyl (C=O) groups is 1. The zero-order valence-corrected chi connectivity index (χ0v) is 14.2. The number of hydrogen-bond donors (Lipinski definition) is 1. The third kappa shape index (κ3) is 5.76. The van der Waals surface area contributed by atoms with E-state index >= 15 is 0 Å². The van der Waals surface area contributed by atoms with Gasteiger partial charge in [0.1, 0.15) is 18.0 Å². The zero-order valence-electron chi connectivity index (χ0n) is 14.2. The second-order valence-electron chi connectivity index (χ2n) is 6.32. The van der Waals surface area contributed by atoms with Crippen molar-refractivity contribution >= 4 is 11.7 Å². The van der Waals surface area contributed by atoms with E-state index in [4.69, 9.17) is 15.2 Å². The van der Waals surface area contributed by atoms with Crippen LogP contribution < -0.4 is 10.5 Å². The van der Waals surface area contributed by atoms with Gasteiger partial charge in [0, 0.05) is 23.5 Å². The largest absolute Gasteiger partial charge is 0.487 e. The van der Waals surface area contributed by atoms with E-state index < -0.39 is 11.6 Å². The highest BCUT2D eigenvalue weighted by Crippen LogP contribution is 2.17. The fraction of sp³-hybridized carbons (Fsp3) is 0.263. The van der Waals surface area contributed by atoms with Crippen LogP contribution in [0.25, 0.3) is 5.70 Å². The molecule has 0 amide bonds. The van der Waals surface area contributed by atoms with E-state index in [1.807, 2.05) is 30.3 Å². The van der Waals surface area contributed by atoms with Crippen molar-refractivity contribution in [1.82, 2.24) is 4.98 Å². The van der Waals surface area contributed by atoms with Gasteiger partial charge in [0.15, 0.2) is 0 Å². The van der Waals surface area contributed by atoms with E-state index in [-0.39, 0.29) is 5.70 Å². The van der Waals surface area contributed by atoms with Gasteiger partial charge in [-0.3, -0.25) is 4.98 Å². The molecule has 0 saturated heterocycles. The smallest absolute Gasteiger partial charge is 0.333 e. The number of esters is 1. The van der Waals surface area contributed by atoms with E-state index in [1.165, 1.54) is 6.08 Å². The van der Waals surface area contributed by atoms with E-state index in [2.05, 4.69) is 4.98 Å². The number of hydrogen-bond acceptors (Lipinski definition) is 5. The molecule has 0 aliphatic carbocycles. The summed E-state index contributed by atoms with van der Waals surface area (Å²) in [5, 5.41) is 0. The Labute approximate surface area is 142 Å². The summed E-state index contributed by atoms with van der Waals surface area (Å²) >= 11 is 0. The number of carbonyl (C=O) groups excluding carboxylic acids is 1. The van der Waals surface area contributed by atoms with Crippen LogP contribution in [0.2, 0.25) is 0 Å². The molecule has 0 unspecified atom stereocenters. The number of benzene rings is 1. The highest BCUT2D eigenvalue weighted by atomic mass is 16.6. The van der Waals surface area contributed by atoms with Gasteiger partial charge in [0.05, 0.1) is 6.20 Å². The monoisotopic (exact) mass is 326 g/mol. The van der Waals surface area contributed by atoms with Crippen molar-refractivity contribution in [3.05, 3.63) is 66.0 Å². The van der Waals surface area contributed by atoms with Crippen molar-refractivity contribution in [1.29, 1.82) is 0 Å². The van der Waals surface area contributed by atoms with Crippen LogP contribution in [0.3, 0.4) is 0 Å². The molecule has 1 aromatic heterocycles. The van der Waals surface area contributed by atoms with Crippen molar-refractivity contribution in [2.45, 2.75) is 33.0 Å². The van der Waals surface area contributed by atoms with Crippen molar-refractivity contribution in [3.63, 3.8) is 0 Å². The van der Waals surface area contributed by atoms with Crippen LogP contribution in [-0.4, -0.2) is 16.6 Å². The fourth-order valence-electron chi connectivity index (χ4n) is 1.94. The number of ether oxygens (including phenoxy) is 2. The first-order valence-electron chi connectivity index (χ1n) is 7.66. The molecular weight excluding hydrogens is 304 g/mol. The maximum absolute atomic E-state index is 11.8. The normalized spacial score (nSPS) is 11.9. The van der Waals surface area contributed by atoms with Crippen LogP contribution in [0.5, 0.6) is 5.75 Å². The first-order valence-corrected chi connectivity index (χ1v) is 7.66. The maximum atomic E-state index is 11.8. The third-order valence-electron chi connectivity index (χ3n) is 2.97. The molecule has 0 radical (unpaired) electrons. The molecule has 126 valence electrons. The van der Waals surface area contributed by atoms with Crippen LogP contribution in [0.15, 0.2) is 54.9 Å². The Kier molecular flexibility index (Phi) is 5.58. The average molecular weight is 326 g/mol. The van der Waals surface area contributed by atoms with Crippen molar-refractivity contribution < 1.29 is 14.3 Å². The van der Waals surface area contributed by atoms with Crippen LogP contribution in [0.1, 0.15) is 31.9 Å². The molecule has 0 aliphatic heterocycles. The summed E-state index contributed by atoms with van der Waals surface area (Å²) in [4.78, 5) is 15.9. The molecule has 0 aliphatic rings. The van der Waals surface area contributed by atoms with Gasteiger partial charge in [-0.05, 0) is 32.4 Å². The van der Waals surface area contributed by atoms with Gasteiger partial charge >= 0.3 is 5.97 Å². The maximum Gasteiger partial charge on any atom is 0.333 e. The lowest BCUT2D eigenvalue weighted by molar-refractivity contribution is -0.148. The van der Waals surface area contributed by atoms with Crippen LogP contribution in [0.4, 0.5) is 0 Å². The van der Waals surface area contributed by atoms with Gasteiger partial charge in [0.2, 0.25) is 0 Å². The number of aromatic nitrogens is 1. The van der Waals surface area contributed by atoms with Gasteiger partial charge in [-0.1, -0.05) is 30.3 Å². The van der Waals surface area contributed by atoms with Crippen molar-refractivity contribution in [3.8, 4) is 5.75 Å². The second-order valence-corrected chi connectivity index (χ2v) is 6.32. The molecule has 2 N–H and O–H groups in total. The summed E-state index contributed by atoms with van der Waals surface area (Å²) in [6.07, 6.45) is 4.43. The van der Waals surface area contributed by atoms with Crippen LogP contribution in [0, 0.1) is 0 Å². The lowest BCUT2D eigenvalue weighted by Crippen LogP contribution is -2.23. The highest BCUT2D eigenvalue weighted by Gasteiger charge is 2.15. The number of nitrogens with two attached hydrogens (primary N) is 1. The molecule has 24 heavy (non-hydrogen) atoms. The van der Waals surface area contributed by atoms with Gasteiger partial charge in [-0.25, -0.2) is 4.79 Å². The minimum absolute atomic E-state index is 0.280. The van der Waals surface area contributed by atoms with E-state index in [1.54, 1.807) is 39.2 Å². The zero-order chi connectivity index (χ0) is 17.6. The summed E-state index contributed by atoms with van der Waals surface area (Å²) in [6.45, 7) is 5.83. The van der Waals surface area contributed by atoms with Crippen LogP contribution >= 0.6 is 0 Å². The molecule has 5 nitrogen and oxygen atoms in total. The fourth-order valence-corrected chi connectivity index (χ4v) is 1.94. The second kappa shape index (κ2) is 7.64.